The zero-order valence-electron chi connectivity index (χ0n) is 11.6. The second-order valence-electron chi connectivity index (χ2n) is 5.48. The van der Waals surface area contributed by atoms with Gasteiger partial charge in [-0.05, 0) is 30.5 Å². The summed E-state index contributed by atoms with van der Waals surface area (Å²) < 4.78 is 26.0. The van der Waals surface area contributed by atoms with Crippen LogP contribution < -0.4 is 11.1 Å². The van der Waals surface area contributed by atoms with Crippen LogP contribution in [-0.2, 0) is 11.2 Å². The van der Waals surface area contributed by atoms with Gasteiger partial charge in [-0.1, -0.05) is 37.5 Å². The van der Waals surface area contributed by atoms with Gasteiger partial charge in [0.1, 0.15) is 0 Å². The highest BCUT2D eigenvalue weighted by atomic mass is 32.1. The number of amides is 1. The summed E-state index contributed by atoms with van der Waals surface area (Å²) in [7, 11) is 0. The molecule has 0 heterocycles. The number of benzene rings is 1. The predicted molar refractivity (Wildman–Crippen MR) is 80.8 cm³/mol. The number of nitrogens with two attached hydrogens (primary N) is 1. The first-order valence-electron chi connectivity index (χ1n) is 6.98. The van der Waals surface area contributed by atoms with Gasteiger partial charge >= 0.3 is 0 Å². The van der Waals surface area contributed by atoms with Crippen molar-refractivity contribution in [2.75, 3.05) is 0 Å². The molecule has 3 nitrogen and oxygen atoms in total. The fraction of sp³-hybridized carbons (Fsp3) is 0.467. The summed E-state index contributed by atoms with van der Waals surface area (Å²) in [5, 5.41) is 2.89. The maximum absolute atomic E-state index is 13.1. The number of hydrogen-bond donors (Lipinski definition) is 2. The Balaban J connectivity index is 2.05. The maximum atomic E-state index is 13.1. The van der Waals surface area contributed by atoms with Crippen molar-refractivity contribution in [3.8, 4) is 0 Å². The smallest absolute Gasteiger partial charge is 0.225 e. The highest BCUT2D eigenvalue weighted by molar-refractivity contribution is 7.80. The van der Waals surface area contributed by atoms with Gasteiger partial charge in [0.05, 0.1) is 16.9 Å². The molecule has 1 aromatic carbocycles. The molecule has 0 radical (unpaired) electrons. The summed E-state index contributed by atoms with van der Waals surface area (Å²) in [6.45, 7) is 0. The second-order valence-corrected chi connectivity index (χ2v) is 5.92. The number of hydrogen-bond acceptors (Lipinski definition) is 2. The lowest BCUT2D eigenvalue weighted by Gasteiger charge is -2.37. The van der Waals surface area contributed by atoms with Crippen LogP contribution in [0.5, 0.6) is 0 Å². The third-order valence-corrected chi connectivity index (χ3v) is 4.30. The molecule has 3 N–H and O–H groups in total. The van der Waals surface area contributed by atoms with Crippen LogP contribution in [0.25, 0.3) is 0 Å². The summed E-state index contributed by atoms with van der Waals surface area (Å²) in [4.78, 5) is 12.4. The quantitative estimate of drug-likeness (QED) is 0.840. The molecule has 0 bridgehead atoms. The summed E-state index contributed by atoms with van der Waals surface area (Å²) >= 11 is 5.10. The van der Waals surface area contributed by atoms with Crippen LogP contribution in [0.15, 0.2) is 18.2 Å². The average Bonchev–Trinajstić information content (AvgIpc) is 2.43. The highest BCUT2D eigenvalue weighted by Gasteiger charge is 2.36. The molecule has 0 spiro atoms. The van der Waals surface area contributed by atoms with E-state index in [1.165, 1.54) is 6.07 Å². The van der Waals surface area contributed by atoms with Crippen LogP contribution >= 0.6 is 12.2 Å². The van der Waals surface area contributed by atoms with Gasteiger partial charge in [-0.25, -0.2) is 8.78 Å². The van der Waals surface area contributed by atoms with E-state index in [9.17, 15) is 13.6 Å². The average molecular weight is 312 g/mol. The van der Waals surface area contributed by atoms with Crippen LogP contribution in [-0.4, -0.2) is 16.4 Å². The van der Waals surface area contributed by atoms with Crippen molar-refractivity contribution in [3.63, 3.8) is 0 Å². The molecule has 21 heavy (non-hydrogen) atoms. The summed E-state index contributed by atoms with van der Waals surface area (Å²) in [5.41, 5.74) is 5.58. The molecule has 6 heteroatoms. The molecule has 1 aliphatic carbocycles. The number of nitrogens with one attached hydrogen (secondary N) is 1. The third-order valence-electron chi connectivity index (χ3n) is 3.91. The van der Waals surface area contributed by atoms with Crippen LogP contribution in [0.3, 0.4) is 0 Å². The summed E-state index contributed by atoms with van der Waals surface area (Å²) in [5.74, 6) is -2.16. The molecule has 2 rings (SSSR count). The minimum absolute atomic E-state index is 0.0262. The Bertz CT molecular complexity index is 557. The summed E-state index contributed by atoms with van der Waals surface area (Å²) in [6.07, 6.45) is 4.45. The minimum Gasteiger partial charge on any atom is -0.391 e. The van der Waals surface area contributed by atoms with Crippen molar-refractivity contribution in [2.24, 2.45) is 5.73 Å². The molecule has 1 amide bonds. The fourth-order valence-electron chi connectivity index (χ4n) is 2.73. The van der Waals surface area contributed by atoms with E-state index in [1.807, 2.05) is 0 Å². The lowest BCUT2D eigenvalue weighted by atomic mass is 9.81. The largest absolute Gasteiger partial charge is 0.391 e. The lowest BCUT2D eigenvalue weighted by Crippen LogP contribution is -2.58. The van der Waals surface area contributed by atoms with E-state index in [0.29, 0.717) is 10.6 Å². The first kappa shape index (κ1) is 15.8. The molecular formula is C15H18F2N2OS. The summed E-state index contributed by atoms with van der Waals surface area (Å²) in [6, 6.07) is 3.44. The SMILES string of the molecule is NC(=S)C1(NC(=O)Cc2ccc(F)c(F)c2)CCCCC1. The van der Waals surface area contributed by atoms with Gasteiger partial charge in [0, 0.05) is 0 Å². The Kier molecular flexibility index (Phi) is 4.88. The van der Waals surface area contributed by atoms with Crippen molar-refractivity contribution < 1.29 is 13.6 Å². The normalized spacial score (nSPS) is 17.2. The van der Waals surface area contributed by atoms with Gasteiger partial charge in [0.2, 0.25) is 5.91 Å². The Labute approximate surface area is 127 Å². The molecule has 0 aromatic heterocycles. The van der Waals surface area contributed by atoms with Crippen molar-refractivity contribution in [3.05, 3.63) is 35.4 Å². The van der Waals surface area contributed by atoms with Gasteiger partial charge < -0.3 is 11.1 Å². The van der Waals surface area contributed by atoms with Gasteiger partial charge in [-0.2, -0.15) is 0 Å². The molecule has 0 saturated heterocycles. The third kappa shape index (κ3) is 3.75. The predicted octanol–water partition coefficient (Wildman–Crippen LogP) is 2.61. The fourth-order valence-corrected chi connectivity index (χ4v) is 2.99. The molecule has 0 unspecified atom stereocenters. The van der Waals surface area contributed by atoms with E-state index in [-0.39, 0.29) is 12.3 Å². The molecule has 1 fully saturated rings. The Morgan fingerprint density at radius 2 is 1.90 bits per heavy atom. The van der Waals surface area contributed by atoms with E-state index < -0.39 is 17.2 Å². The number of carbonyl (C=O) groups excluding carboxylic acids is 1. The number of rotatable bonds is 4. The monoisotopic (exact) mass is 312 g/mol. The minimum atomic E-state index is -0.956. The Morgan fingerprint density at radius 1 is 1.24 bits per heavy atom. The van der Waals surface area contributed by atoms with Crippen molar-refractivity contribution in [1.82, 2.24) is 5.32 Å². The van der Waals surface area contributed by atoms with E-state index in [1.54, 1.807) is 0 Å². The number of halogens is 2. The molecular weight excluding hydrogens is 294 g/mol. The number of thiocarbonyl (C=S) groups is 1. The Morgan fingerprint density at radius 3 is 2.48 bits per heavy atom. The van der Waals surface area contributed by atoms with Gasteiger partial charge in [0.25, 0.3) is 0 Å². The van der Waals surface area contributed by atoms with E-state index >= 15 is 0 Å². The highest BCUT2D eigenvalue weighted by Crippen LogP contribution is 2.28. The van der Waals surface area contributed by atoms with Crippen LogP contribution in [0.2, 0.25) is 0 Å². The van der Waals surface area contributed by atoms with E-state index in [4.69, 9.17) is 18.0 Å². The van der Waals surface area contributed by atoms with Gasteiger partial charge in [-0.15, -0.1) is 0 Å². The van der Waals surface area contributed by atoms with Gasteiger partial charge in [0.15, 0.2) is 11.6 Å². The first-order valence-corrected chi connectivity index (χ1v) is 7.39. The molecule has 1 saturated carbocycles. The van der Waals surface area contributed by atoms with Crippen molar-refractivity contribution in [1.29, 1.82) is 0 Å². The Hall–Kier alpha value is -1.56. The lowest BCUT2D eigenvalue weighted by molar-refractivity contribution is -0.121. The molecule has 114 valence electrons. The first-order chi connectivity index (χ1) is 9.93. The molecule has 0 aliphatic heterocycles. The van der Waals surface area contributed by atoms with Gasteiger partial charge in [-0.3, -0.25) is 4.79 Å². The van der Waals surface area contributed by atoms with Crippen LogP contribution in [0, 0.1) is 11.6 Å². The second kappa shape index (κ2) is 6.47. The zero-order chi connectivity index (χ0) is 15.5. The standard InChI is InChI=1S/C15H18F2N2OS/c16-11-5-4-10(8-12(11)17)9-13(20)19-15(14(18)21)6-2-1-3-7-15/h4-5,8H,1-3,6-7,9H2,(H2,18,21)(H,19,20). The topological polar surface area (TPSA) is 55.1 Å². The number of carbonyl (C=O) groups is 1. The van der Waals surface area contributed by atoms with Crippen molar-refractivity contribution >= 4 is 23.1 Å². The zero-order valence-corrected chi connectivity index (χ0v) is 12.4. The molecule has 1 aliphatic rings. The van der Waals surface area contributed by atoms with Crippen LogP contribution in [0.1, 0.15) is 37.7 Å². The maximum Gasteiger partial charge on any atom is 0.225 e. The van der Waals surface area contributed by atoms with E-state index in [0.717, 1.165) is 44.2 Å². The van der Waals surface area contributed by atoms with E-state index in [2.05, 4.69) is 5.32 Å². The van der Waals surface area contributed by atoms with Crippen LogP contribution in [0.4, 0.5) is 8.78 Å². The van der Waals surface area contributed by atoms with Crippen molar-refractivity contribution in [2.45, 2.75) is 44.1 Å². The molecule has 1 aromatic rings. The molecule has 0 atom stereocenters.